The van der Waals surface area contributed by atoms with E-state index in [-0.39, 0.29) is 18.6 Å². The van der Waals surface area contributed by atoms with Crippen molar-refractivity contribution in [1.82, 2.24) is 19.9 Å². The first-order chi connectivity index (χ1) is 11.9. The molecule has 25 heavy (non-hydrogen) atoms. The lowest BCUT2D eigenvalue weighted by molar-refractivity contribution is 0.0439. The molecule has 7 heteroatoms. The van der Waals surface area contributed by atoms with Gasteiger partial charge in [0.15, 0.2) is 18.0 Å². The lowest BCUT2D eigenvalue weighted by Crippen LogP contribution is -2.09. The topological polar surface area (TPSA) is 83.0 Å². The Hall–Kier alpha value is -2.70. The van der Waals surface area contributed by atoms with Gasteiger partial charge in [-0.05, 0) is 32.8 Å². The highest BCUT2D eigenvalue weighted by atomic mass is 16.5. The highest BCUT2D eigenvalue weighted by molar-refractivity contribution is 6.02. The Bertz CT molecular complexity index is 908. The van der Waals surface area contributed by atoms with Gasteiger partial charge in [0, 0.05) is 17.8 Å². The van der Waals surface area contributed by atoms with Crippen molar-refractivity contribution in [2.24, 2.45) is 0 Å². The monoisotopic (exact) mass is 342 g/mol. The number of hydrogen-bond acceptors (Lipinski definition) is 6. The summed E-state index contributed by atoms with van der Waals surface area (Å²) in [5, 5.41) is 8.86. The number of carbonyl (C=O) groups is 1. The van der Waals surface area contributed by atoms with E-state index in [9.17, 15) is 4.79 Å². The third kappa shape index (κ3) is 3.40. The first-order valence-corrected chi connectivity index (χ1v) is 8.34. The molecule has 3 aromatic heterocycles. The molecule has 0 aliphatic rings. The number of nitrogens with zero attached hydrogens (tertiary/aromatic N) is 4. The van der Waals surface area contributed by atoms with E-state index < -0.39 is 5.97 Å². The Kier molecular flexibility index (Phi) is 4.57. The summed E-state index contributed by atoms with van der Waals surface area (Å²) < 4.78 is 12.3. The zero-order chi connectivity index (χ0) is 18.1. The minimum Gasteiger partial charge on any atom is -0.454 e. The molecule has 0 atom stereocenters. The molecule has 7 nitrogen and oxygen atoms in total. The summed E-state index contributed by atoms with van der Waals surface area (Å²) in [5.41, 5.74) is 2.75. The predicted octanol–water partition coefficient (Wildman–Crippen LogP) is 3.79. The van der Waals surface area contributed by atoms with E-state index in [1.54, 1.807) is 18.3 Å². The number of fused-ring (bicyclic) bond motifs is 1. The fraction of sp³-hybridized carbons (Fsp3) is 0.444. The van der Waals surface area contributed by atoms with E-state index in [4.69, 9.17) is 9.26 Å². The molecular weight excluding hydrogens is 320 g/mol. The van der Waals surface area contributed by atoms with Crippen molar-refractivity contribution in [3.05, 3.63) is 41.0 Å². The molecule has 0 spiro atoms. The van der Waals surface area contributed by atoms with Gasteiger partial charge in [0.1, 0.15) is 0 Å². The van der Waals surface area contributed by atoms with Crippen LogP contribution < -0.4 is 0 Å². The van der Waals surface area contributed by atoms with Gasteiger partial charge in [-0.3, -0.25) is 0 Å². The molecule has 0 bridgehead atoms. The highest BCUT2D eigenvalue weighted by Crippen LogP contribution is 2.25. The maximum absolute atomic E-state index is 12.6. The largest absolute Gasteiger partial charge is 0.454 e. The summed E-state index contributed by atoms with van der Waals surface area (Å²) in [4.78, 5) is 17.3. The van der Waals surface area contributed by atoms with Crippen molar-refractivity contribution in [3.8, 4) is 0 Å². The fourth-order valence-electron chi connectivity index (χ4n) is 2.58. The van der Waals surface area contributed by atoms with Gasteiger partial charge in [-0.1, -0.05) is 19.0 Å². The van der Waals surface area contributed by atoms with Crippen LogP contribution in [0.15, 0.2) is 22.9 Å². The van der Waals surface area contributed by atoms with Crippen molar-refractivity contribution in [2.75, 3.05) is 0 Å². The van der Waals surface area contributed by atoms with E-state index >= 15 is 0 Å². The Balaban J connectivity index is 1.97. The lowest BCUT2D eigenvalue weighted by atomic mass is 10.1. The van der Waals surface area contributed by atoms with Crippen LogP contribution in [0, 0.1) is 6.92 Å². The fourth-order valence-corrected chi connectivity index (χ4v) is 2.58. The maximum atomic E-state index is 12.6. The zero-order valence-electron chi connectivity index (χ0n) is 15.1. The number of pyridine rings is 1. The molecular formula is C18H22N4O3. The normalized spacial score (nSPS) is 11.6. The summed E-state index contributed by atoms with van der Waals surface area (Å²) in [6.07, 6.45) is 1.67. The molecule has 0 radical (unpaired) electrons. The number of aromatic nitrogens is 4. The quantitative estimate of drug-likeness (QED) is 0.656. The van der Waals surface area contributed by atoms with Crippen molar-refractivity contribution in [2.45, 2.75) is 53.2 Å². The first kappa shape index (κ1) is 17.1. The van der Waals surface area contributed by atoms with Crippen LogP contribution in [0.25, 0.3) is 11.0 Å². The molecule has 3 heterocycles. The van der Waals surface area contributed by atoms with E-state index in [2.05, 4.69) is 15.2 Å². The maximum Gasteiger partial charge on any atom is 0.339 e. The SMILES string of the molecule is Cc1cc(COC(=O)c2cc(C(C)C)nc3c2cnn3C(C)C)on1. The minimum atomic E-state index is -0.424. The van der Waals surface area contributed by atoms with Gasteiger partial charge in [-0.25, -0.2) is 14.5 Å². The Morgan fingerprint density at radius 2 is 2.04 bits per heavy atom. The molecule has 0 aliphatic heterocycles. The van der Waals surface area contributed by atoms with E-state index in [0.29, 0.717) is 22.4 Å². The first-order valence-electron chi connectivity index (χ1n) is 8.34. The molecule has 3 aromatic rings. The average Bonchev–Trinajstić information content (AvgIpc) is 3.17. The van der Waals surface area contributed by atoms with Crippen LogP contribution in [0.4, 0.5) is 0 Å². The second kappa shape index (κ2) is 6.66. The van der Waals surface area contributed by atoms with Gasteiger partial charge in [0.25, 0.3) is 0 Å². The summed E-state index contributed by atoms with van der Waals surface area (Å²) in [5.74, 6) is 0.271. The van der Waals surface area contributed by atoms with Crippen LogP contribution in [0.1, 0.15) is 67.2 Å². The molecule has 0 saturated heterocycles. The number of aryl methyl sites for hydroxylation is 1. The van der Waals surface area contributed by atoms with Crippen molar-refractivity contribution >= 4 is 17.0 Å². The third-order valence-electron chi connectivity index (χ3n) is 3.91. The van der Waals surface area contributed by atoms with Gasteiger partial charge in [0.2, 0.25) is 0 Å². The molecule has 0 fully saturated rings. The standard InChI is InChI=1S/C18H22N4O3/c1-10(2)16-7-14(15-8-19-22(11(3)4)17(15)20-16)18(23)24-9-13-6-12(5)21-25-13/h6-8,10-11H,9H2,1-5H3. The Morgan fingerprint density at radius 1 is 1.28 bits per heavy atom. The summed E-state index contributed by atoms with van der Waals surface area (Å²) >= 11 is 0. The molecule has 0 amide bonds. The second-order valence-electron chi connectivity index (χ2n) is 6.68. The average molecular weight is 342 g/mol. The second-order valence-corrected chi connectivity index (χ2v) is 6.68. The molecule has 0 saturated carbocycles. The van der Waals surface area contributed by atoms with Crippen LogP contribution >= 0.6 is 0 Å². The van der Waals surface area contributed by atoms with Gasteiger partial charge < -0.3 is 9.26 Å². The number of rotatable bonds is 5. The number of esters is 1. The van der Waals surface area contributed by atoms with Crippen LogP contribution in [0.2, 0.25) is 0 Å². The molecule has 0 aliphatic carbocycles. The van der Waals surface area contributed by atoms with Crippen LogP contribution in [0.5, 0.6) is 0 Å². The minimum absolute atomic E-state index is 0.0405. The van der Waals surface area contributed by atoms with Crippen molar-refractivity contribution in [3.63, 3.8) is 0 Å². The summed E-state index contributed by atoms with van der Waals surface area (Å²) in [7, 11) is 0. The van der Waals surface area contributed by atoms with E-state index in [1.807, 2.05) is 39.3 Å². The van der Waals surface area contributed by atoms with E-state index in [0.717, 1.165) is 11.4 Å². The lowest BCUT2D eigenvalue weighted by Gasteiger charge is -2.11. The third-order valence-corrected chi connectivity index (χ3v) is 3.91. The van der Waals surface area contributed by atoms with E-state index in [1.165, 1.54) is 0 Å². The Labute approximate surface area is 146 Å². The number of ether oxygens (including phenoxy) is 1. The Morgan fingerprint density at radius 3 is 2.64 bits per heavy atom. The van der Waals surface area contributed by atoms with Crippen LogP contribution in [-0.2, 0) is 11.3 Å². The molecule has 0 unspecified atom stereocenters. The number of carbonyl (C=O) groups excluding carboxylic acids is 1. The molecule has 3 rings (SSSR count). The van der Waals surface area contributed by atoms with Crippen LogP contribution in [0.3, 0.4) is 0 Å². The van der Waals surface area contributed by atoms with Gasteiger partial charge in [0.05, 0.1) is 22.8 Å². The molecule has 132 valence electrons. The zero-order valence-corrected chi connectivity index (χ0v) is 15.1. The van der Waals surface area contributed by atoms with Gasteiger partial charge in [-0.2, -0.15) is 5.10 Å². The molecule has 0 aromatic carbocycles. The molecule has 0 N–H and O–H groups in total. The number of hydrogen-bond donors (Lipinski definition) is 0. The summed E-state index contributed by atoms with van der Waals surface area (Å²) in [6.45, 7) is 9.99. The highest BCUT2D eigenvalue weighted by Gasteiger charge is 2.20. The van der Waals surface area contributed by atoms with Crippen molar-refractivity contribution in [1.29, 1.82) is 0 Å². The van der Waals surface area contributed by atoms with Crippen LogP contribution in [-0.4, -0.2) is 25.9 Å². The smallest absolute Gasteiger partial charge is 0.339 e. The predicted molar refractivity (Wildman–Crippen MR) is 92.4 cm³/mol. The summed E-state index contributed by atoms with van der Waals surface area (Å²) in [6, 6.07) is 3.67. The van der Waals surface area contributed by atoms with Gasteiger partial charge >= 0.3 is 5.97 Å². The van der Waals surface area contributed by atoms with Gasteiger partial charge in [-0.15, -0.1) is 0 Å². The van der Waals surface area contributed by atoms with Crippen molar-refractivity contribution < 1.29 is 14.1 Å².